The van der Waals surface area contributed by atoms with Gasteiger partial charge >= 0.3 is 5.97 Å². The molecule has 0 spiro atoms. The fraction of sp³-hybridized carbons (Fsp3) is 0.259. The number of hydrogen-bond acceptors (Lipinski definition) is 5. The van der Waals surface area contributed by atoms with Gasteiger partial charge in [0, 0.05) is 22.6 Å². The van der Waals surface area contributed by atoms with Crippen molar-refractivity contribution in [3.63, 3.8) is 0 Å². The van der Waals surface area contributed by atoms with E-state index in [1.165, 1.54) is 12.1 Å². The van der Waals surface area contributed by atoms with Gasteiger partial charge in [0.15, 0.2) is 11.6 Å². The molecule has 33 heavy (non-hydrogen) atoms. The Labute approximate surface area is 191 Å². The molecule has 1 saturated carbocycles. The average Bonchev–Trinajstić information content (AvgIpc) is 3.65. The Kier molecular flexibility index (Phi) is 6.45. The lowest BCUT2D eigenvalue weighted by molar-refractivity contribution is -0.148. The summed E-state index contributed by atoms with van der Waals surface area (Å²) in [5.41, 5.74) is 3.12. The van der Waals surface area contributed by atoms with Crippen molar-refractivity contribution in [2.75, 3.05) is 6.61 Å². The highest BCUT2D eigenvalue weighted by Crippen LogP contribution is 2.47. The molecule has 1 aliphatic rings. The summed E-state index contributed by atoms with van der Waals surface area (Å²) in [6.45, 7) is 5.18. The Balaban J connectivity index is 2.05. The second-order valence-corrected chi connectivity index (χ2v) is 8.08. The predicted molar refractivity (Wildman–Crippen MR) is 123 cm³/mol. The van der Waals surface area contributed by atoms with E-state index < -0.39 is 35.7 Å². The number of benzene rings is 2. The van der Waals surface area contributed by atoms with Gasteiger partial charge in [-0.05, 0) is 55.2 Å². The third kappa shape index (κ3) is 4.60. The van der Waals surface area contributed by atoms with E-state index in [1.807, 2.05) is 24.3 Å². The molecule has 3 aromatic rings. The molecule has 1 fully saturated rings. The quantitative estimate of drug-likeness (QED) is 0.255. The maximum absolute atomic E-state index is 13.7. The number of ether oxygens (including phenoxy) is 1. The number of halogens is 1. The van der Waals surface area contributed by atoms with Crippen LogP contribution in [0.4, 0.5) is 4.39 Å². The summed E-state index contributed by atoms with van der Waals surface area (Å²) in [5, 5.41) is 0.737. The number of fused-ring (bicyclic) bond motifs is 1. The largest absolute Gasteiger partial charge is 0.465 e. The first-order valence-corrected chi connectivity index (χ1v) is 11.0. The Morgan fingerprint density at radius 1 is 1.15 bits per heavy atom. The first kappa shape index (κ1) is 22.5. The Bertz CT molecular complexity index is 1240. The van der Waals surface area contributed by atoms with Crippen LogP contribution in [-0.4, -0.2) is 29.1 Å². The zero-order valence-electron chi connectivity index (χ0n) is 18.3. The van der Waals surface area contributed by atoms with Gasteiger partial charge in [-0.2, -0.15) is 0 Å². The highest BCUT2D eigenvalue weighted by Gasteiger charge is 2.40. The maximum atomic E-state index is 13.7. The molecule has 1 aliphatic carbocycles. The number of carbonyl (C=O) groups excluding carboxylic acids is 3. The smallest absolute Gasteiger partial charge is 0.321 e. The monoisotopic (exact) mass is 445 g/mol. The summed E-state index contributed by atoms with van der Waals surface area (Å²) >= 11 is 0. The number of Topliss-reactive ketones (excluding diaryl/α,β-unsaturated/α-hetero) is 1. The van der Waals surface area contributed by atoms with E-state index in [1.54, 1.807) is 19.1 Å². The van der Waals surface area contributed by atoms with Gasteiger partial charge in [0.1, 0.15) is 11.7 Å². The zero-order valence-corrected chi connectivity index (χ0v) is 18.3. The number of esters is 1. The molecule has 1 heterocycles. The van der Waals surface area contributed by atoms with Crippen molar-refractivity contribution in [2.24, 2.45) is 0 Å². The van der Waals surface area contributed by atoms with E-state index in [9.17, 15) is 18.8 Å². The summed E-state index contributed by atoms with van der Waals surface area (Å²) in [4.78, 5) is 43.4. The lowest BCUT2D eigenvalue weighted by Crippen LogP contribution is -2.28. The molecule has 4 rings (SSSR count). The summed E-state index contributed by atoms with van der Waals surface area (Å²) in [6.07, 6.45) is 2.38. The van der Waals surface area contributed by atoms with Crippen LogP contribution >= 0.6 is 0 Å². The molecule has 0 bridgehead atoms. The topological polar surface area (TPSA) is 73.3 Å². The summed E-state index contributed by atoms with van der Waals surface area (Å²) < 4.78 is 19.0. The van der Waals surface area contributed by atoms with Crippen molar-refractivity contribution in [3.05, 3.63) is 78.3 Å². The zero-order chi connectivity index (χ0) is 23.5. The lowest BCUT2D eigenvalue weighted by atomic mass is 9.82. The van der Waals surface area contributed by atoms with Crippen LogP contribution in [0, 0.1) is 5.82 Å². The minimum absolute atomic E-state index is 0.0870. The highest BCUT2D eigenvalue weighted by molar-refractivity contribution is 6.15. The molecule has 5 nitrogen and oxygen atoms in total. The van der Waals surface area contributed by atoms with E-state index >= 15 is 0 Å². The number of carbonyl (C=O) groups is 3. The molecule has 168 valence electrons. The van der Waals surface area contributed by atoms with Crippen LogP contribution in [0.1, 0.15) is 49.3 Å². The number of rotatable bonds is 9. The van der Waals surface area contributed by atoms with E-state index in [0.717, 1.165) is 29.8 Å². The lowest BCUT2D eigenvalue weighted by Gasteiger charge is -2.23. The van der Waals surface area contributed by atoms with E-state index in [2.05, 4.69) is 6.58 Å². The van der Waals surface area contributed by atoms with Crippen LogP contribution in [0.3, 0.4) is 0 Å². The van der Waals surface area contributed by atoms with Gasteiger partial charge in [0.2, 0.25) is 0 Å². The fourth-order valence-corrected chi connectivity index (χ4v) is 4.12. The molecule has 0 N–H and O–H groups in total. The van der Waals surface area contributed by atoms with Crippen molar-refractivity contribution in [2.45, 2.75) is 38.0 Å². The number of hydrogen-bond donors (Lipinski definition) is 0. The molecule has 2 aromatic carbocycles. The molecule has 6 heteroatoms. The van der Waals surface area contributed by atoms with Crippen LogP contribution in [-0.2, 0) is 19.1 Å². The first-order chi connectivity index (χ1) is 15.9. The molecule has 1 unspecified atom stereocenters. The molecule has 0 saturated heterocycles. The number of allylic oxidation sites excluding steroid dienone is 1. The molecule has 0 aliphatic heterocycles. The van der Waals surface area contributed by atoms with Gasteiger partial charge in [-0.25, -0.2) is 4.39 Å². The Morgan fingerprint density at radius 3 is 2.48 bits per heavy atom. The second-order valence-electron chi connectivity index (χ2n) is 8.08. The average molecular weight is 445 g/mol. The van der Waals surface area contributed by atoms with Gasteiger partial charge in [0.25, 0.3) is 0 Å². The van der Waals surface area contributed by atoms with Gasteiger partial charge in [-0.1, -0.05) is 36.9 Å². The van der Waals surface area contributed by atoms with Gasteiger partial charge in [0.05, 0.1) is 18.5 Å². The van der Waals surface area contributed by atoms with Crippen molar-refractivity contribution < 1.29 is 23.5 Å². The summed E-state index contributed by atoms with van der Waals surface area (Å²) in [6, 6.07) is 13.4. The predicted octanol–water partition coefficient (Wildman–Crippen LogP) is 5.28. The fourth-order valence-electron chi connectivity index (χ4n) is 4.12. The molecular formula is C27H24FNO4. The summed E-state index contributed by atoms with van der Waals surface area (Å²) in [7, 11) is 0. The van der Waals surface area contributed by atoms with E-state index in [0.29, 0.717) is 22.4 Å². The highest BCUT2D eigenvalue weighted by atomic mass is 19.1. The van der Waals surface area contributed by atoms with Crippen molar-refractivity contribution >= 4 is 28.4 Å². The van der Waals surface area contributed by atoms with Crippen LogP contribution in [0.25, 0.3) is 22.0 Å². The van der Waals surface area contributed by atoms with Crippen LogP contribution in [0.2, 0.25) is 0 Å². The molecular weight excluding hydrogens is 421 g/mol. The third-order valence-corrected chi connectivity index (χ3v) is 5.77. The van der Waals surface area contributed by atoms with Crippen LogP contribution in [0.5, 0.6) is 0 Å². The van der Waals surface area contributed by atoms with Crippen LogP contribution in [0.15, 0.2) is 61.2 Å². The van der Waals surface area contributed by atoms with E-state index in [4.69, 9.17) is 9.72 Å². The number of pyridine rings is 1. The van der Waals surface area contributed by atoms with Gasteiger partial charge in [-0.3, -0.25) is 19.4 Å². The number of aromatic nitrogens is 1. The molecule has 0 amide bonds. The van der Waals surface area contributed by atoms with Crippen molar-refractivity contribution in [1.82, 2.24) is 4.98 Å². The van der Waals surface area contributed by atoms with Crippen molar-refractivity contribution in [3.8, 4) is 11.1 Å². The minimum Gasteiger partial charge on any atom is -0.465 e. The number of ketones is 2. The number of nitrogens with zero attached hydrogens (tertiary/aromatic N) is 1. The molecule has 1 atom stereocenters. The standard InChI is InChI=1S/C27H24FNO4/c1-3-19(30)15-22(31)24(27(32)33-4-2)25-23(16-11-13-18(28)14-12-16)20-7-5-6-8-21(20)29-26(25)17-9-10-17/h3,5-8,11-14,17,24H,1,4,9-10,15H2,2H3. The molecule has 1 aromatic heterocycles. The summed E-state index contributed by atoms with van der Waals surface area (Å²) in [5.74, 6) is -3.37. The third-order valence-electron chi connectivity index (χ3n) is 5.77. The Morgan fingerprint density at radius 2 is 1.85 bits per heavy atom. The molecule has 0 radical (unpaired) electrons. The van der Waals surface area contributed by atoms with Crippen LogP contribution < -0.4 is 0 Å². The normalized spacial score (nSPS) is 14.0. The SMILES string of the molecule is C=CC(=O)CC(=O)C(C(=O)OCC)c1c(C2CC2)nc2ccccc2c1-c1ccc(F)cc1. The Hall–Kier alpha value is -3.67. The van der Waals surface area contributed by atoms with Gasteiger partial charge < -0.3 is 4.74 Å². The maximum Gasteiger partial charge on any atom is 0.321 e. The minimum atomic E-state index is -1.32. The first-order valence-electron chi connectivity index (χ1n) is 11.0. The second kappa shape index (κ2) is 9.45. The van der Waals surface area contributed by atoms with Gasteiger partial charge in [-0.15, -0.1) is 0 Å². The van der Waals surface area contributed by atoms with E-state index in [-0.39, 0.29) is 12.5 Å². The number of para-hydroxylation sites is 1. The van der Waals surface area contributed by atoms with Crippen molar-refractivity contribution in [1.29, 1.82) is 0 Å².